The summed E-state index contributed by atoms with van der Waals surface area (Å²) in [7, 11) is 6.83. The van der Waals surface area contributed by atoms with E-state index in [1.165, 1.54) is 17.0 Å². The minimum atomic E-state index is -0.406. The molecule has 34 heavy (non-hydrogen) atoms. The molecule has 180 valence electrons. The van der Waals surface area contributed by atoms with Crippen LogP contribution in [0.3, 0.4) is 0 Å². The van der Waals surface area contributed by atoms with Gasteiger partial charge in [0.05, 0.1) is 18.5 Å². The van der Waals surface area contributed by atoms with E-state index in [0.29, 0.717) is 30.0 Å². The number of pyridine rings is 1. The fourth-order valence-electron chi connectivity index (χ4n) is 3.62. The Morgan fingerprint density at radius 3 is 2.68 bits per heavy atom. The van der Waals surface area contributed by atoms with Crippen LogP contribution in [0.4, 0.5) is 4.39 Å². The lowest BCUT2D eigenvalue weighted by atomic mass is 10.0. The number of hydrogen-bond acceptors (Lipinski definition) is 6. The summed E-state index contributed by atoms with van der Waals surface area (Å²) in [4.78, 5) is 18.1. The van der Waals surface area contributed by atoms with Crippen molar-refractivity contribution in [3.63, 3.8) is 0 Å². The Labute approximate surface area is 199 Å². The van der Waals surface area contributed by atoms with Gasteiger partial charge in [0.1, 0.15) is 22.9 Å². The molecule has 1 amide bonds. The number of hydrogen-bond donors (Lipinski definition) is 3. The molecule has 0 fully saturated rings. The van der Waals surface area contributed by atoms with Gasteiger partial charge in [0, 0.05) is 68.8 Å². The van der Waals surface area contributed by atoms with Crippen molar-refractivity contribution in [3.8, 4) is 16.9 Å². The molecule has 0 aliphatic rings. The number of halogens is 1. The standard InChI is InChI=1S/C25H31FN6O2/c1-16(29-3)20(24(27)25(33)31(4)5)10-11-34-22-12-18(26)7-8-21(22)17-6-9-23-30-14-19(13-28-2)32(23)15-17/h6-9,12,14-15,27-29H,10-11,13H2,1-5H3/b20-16-,27-24?. The van der Waals surface area contributed by atoms with E-state index in [1.807, 2.05) is 42.9 Å². The number of amides is 1. The van der Waals surface area contributed by atoms with Gasteiger partial charge in [0.25, 0.3) is 5.91 Å². The molecule has 0 atom stereocenters. The van der Waals surface area contributed by atoms with Gasteiger partial charge >= 0.3 is 0 Å². The van der Waals surface area contributed by atoms with Crippen molar-refractivity contribution in [1.82, 2.24) is 24.9 Å². The van der Waals surface area contributed by atoms with Crippen LogP contribution in [0.2, 0.25) is 0 Å². The first kappa shape index (κ1) is 24.9. The molecule has 2 heterocycles. The first-order chi connectivity index (χ1) is 16.3. The van der Waals surface area contributed by atoms with Gasteiger partial charge in [-0.2, -0.15) is 0 Å². The Balaban J connectivity index is 1.87. The molecule has 0 aliphatic carbocycles. The van der Waals surface area contributed by atoms with E-state index >= 15 is 0 Å². The number of rotatable bonds is 10. The summed E-state index contributed by atoms with van der Waals surface area (Å²) >= 11 is 0. The fraction of sp³-hybridized carbons (Fsp3) is 0.320. The lowest BCUT2D eigenvalue weighted by molar-refractivity contribution is -0.121. The van der Waals surface area contributed by atoms with E-state index in [4.69, 9.17) is 10.1 Å². The Hall–Kier alpha value is -3.72. The van der Waals surface area contributed by atoms with E-state index in [-0.39, 0.29) is 18.2 Å². The van der Waals surface area contributed by atoms with Crippen LogP contribution >= 0.6 is 0 Å². The molecule has 0 unspecified atom stereocenters. The van der Waals surface area contributed by atoms with Crippen LogP contribution in [-0.4, -0.2) is 60.7 Å². The number of ether oxygens (including phenoxy) is 1. The molecular weight excluding hydrogens is 435 g/mol. The molecule has 0 saturated carbocycles. The molecule has 0 spiro atoms. The Bertz CT molecular complexity index is 1230. The molecule has 0 saturated heterocycles. The third-order valence-electron chi connectivity index (χ3n) is 5.55. The fourth-order valence-corrected chi connectivity index (χ4v) is 3.62. The lowest BCUT2D eigenvalue weighted by Gasteiger charge is -2.18. The first-order valence-electron chi connectivity index (χ1n) is 11.0. The highest BCUT2D eigenvalue weighted by Gasteiger charge is 2.19. The number of carbonyl (C=O) groups is 1. The van der Waals surface area contributed by atoms with E-state index < -0.39 is 5.82 Å². The molecule has 1 aromatic carbocycles. The topological polar surface area (TPSA) is 94.8 Å². The summed E-state index contributed by atoms with van der Waals surface area (Å²) in [6.07, 6.45) is 4.09. The van der Waals surface area contributed by atoms with Gasteiger partial charge in [-0.15, -0.1) is 0 Å². The average Bonchev–Trinajstić information content (AvgIpc) is 3.22. The van der Waals surface area contributed by atoms with Crippen molar-refractivity contribution < 1.29 is 13.9 Å². The lowest BCUT2D eigenvalue weighted by Crippen LogP contribution is -2.32. The van der Waals surface area contributed by atoms with Crippen LogP contribution in [0.15, 0.2) is 54.0 Å². The molecule has 3 rings (SSSR count). The zero-order chi connectivity index (χ0) is 24.8. The third kappa shape index (κ3) is 5.43. The van der Waals surface area contributed by atoms with Crippen LogP contribution in [0.25, 0.3) is 16.8 Å². The van der Waals surface area contributed by atoms with Gasteiger partial charge in [-0.1, -0.05) is 0 Å². The highest BCUT2D eigenvalue weighted by molar-refractivity contribution is 6.43. The maximum absolute atomic E-state index is 14.1. The highest BCUT2D eigenvalue weighted by Crippen LogP contribution is 2.31. The predicted octanol–water partition coefficient (Wildman–Crippen LogP) is 3.23. The quantitative estimate of drug-likeness (QED) is 0.399. The summed E-state index contributed by atoms with van der Waals surface area (Å²) in [5, 5.41) is 14.4. The van der Waals surface area contributed by atoms with E-state index in [2.05, 4.69) is 15.6 Å². The normalized spacial score (nSPS) is 11.8. The van der Waals surface area contributed by atoms with E-state index in [9.17, 15) is 9.18 Å². The Morgan fingerprint density at radius 2 is 2.00 bits per heavy atom. The molecule has 0 aliphatic heterocycles. The van der Waals surface area contributed by atoms with Gasteiger partial charge in [-0.25, -0.2) is 9.37 Å². The molecule has 9 heteroatoms. The van der Waals surface area contributed by atoms with Crippen molar-refractivity contribution in [2.75, 3.05) is 34.8 Å². The maximum Gasteiger partial charge on any atom is 0.271 e. The van der Waals surface area contributed by atoms with Gasteiger partial charge in [0.2, 0.25) is 0 Å². The largest absolute Gasteiger partial charge is 0.492 e. The monoisotopic (exact) mass is 466 g/mol. The molecule has 3 aromatic rings. The maximum atomic E-state index is 14.1. The number of allylic oxidation sites excluding steroid dienone is 1. The number of aromatic nitrogens is 2. The van der Waals surface area contributed by atoms with Gasteiger partial charge in [-0.05, 0) is 38.2 Å². The number of benzene rings is 1. The van der Waals surface area contributed by atoms with Crippen LogP contribution in [-0.2, 0) is 11.3 Å². The average molecular weight is 467 g/mol. The summed E-state index contributed by atoms with van der Waals surface area (Å²) in [6.45, 7) is 2.64. The SMILES string of the molecule is CNCc1cnc2ccc(-c3ccc(F)cc3OCC/C(C(=N)C(=O)N(C)C)=C(\C)NC)cn12. The summed E-state index contributed by atoms with van der Waals surface area (Å²) in [6, 6.07) is 8.28. The second kappa shape index (κ2) is 10.9. The number of fused-ring (bicyclic) bond motifs is 1. The molecule has 2 aromatic heterocycles. The number of imidazole rings is 1. The second-order valence-electron chi connectivity index (χ2n) is 8.09. The van der Waals surface area contributed by atoms with Crippen LogP contribution in [0.5, 0.6) is 5.75 Å². The van der Waals surface area contributed by atoms with Crippen molar-refractivity contribution >= 4 is 17.3 Å². The van der Waals surface area contributed by atoms with Crippen LogP contribution in [0, 0.1) is 11.2 Å². The number of nitrogens with zero attached hydrogens (tertiary/aromatic N) is 3. The summed E-state index contributed by atoms with van der Waals surface area (Å²) in [5.74, 6) is -0.403. The van der Waals surface area contributed by atoms with Gasteiger partial charge < -0.3 is 24.7 Å². The van der Waals surface area contributed by atoms with Crippen LogP contribution < -0.4 is 15.4 Å². The summed E-state index contributed by atoms with van der Waals surface area (Å²) in [5.41, 5.74) is 4.59. The minimum absolute atomic E-state index is 0.0949. The van der Waals surface area contributed by atoms with E-state index in [0.717, 1.165) is 22.5 Å². The van der Waals surface area contributed by atoms with Gasteiger partial charge in [-0.3, -0.25) is 10.2 Å². The zero-order valence-corrected chi connectivity index (χ0v) is 20.2. The number of carbonyl (C=O) groups excluding carboxylic acids is 1. The third-order valence-corrected chi connectivity index (χ3v) is 5.55. The zero-order valence-electron chi connectivity index (χ0n) is 20.2. The predicted molar refractivity (Wildman–Crippen MR) is 132 cm³/mol. The summed E-state index contributed by atoms with van der Waals surface area (Å²) < 4.78 is 22.1. The number of nitrogens with one attached hydrogen (secondary N) is 3. The molecule has 3 N–H and O–H groups in total. The van der Waals surface area contributed by atoms with Crippen molar-refractivity contribution in [2.45, 2.75) is 19.9 Å². The van der Waals surface area contributed by atoms with Crippen molar-refractivity contribution in [2.24, 2.45) is 0 Å². The Morgan fingerprint density at radius 1 is 1.24 bits per heavy atom. The minimum Gasteiger partial charge on any atom is -0.492 e. The van der Waals surface area contributed by atoms with Crippen molar-refractivity contribution in [3.05, 3.63) is 65.5 Å². The highest BCUT2D eigenvalue weighted by atomic mass is 19.1. The van der Waals surface area contributed by atoms with E-state index in [1.54, 1.807) is 27.2 Å². The molecule has 0 radical (unpaired) electrons. The van der Waals surface area contributed by atoms with Crippen molar-refractivity contribution in [1.29, 1.82) is 5.41 Å². The Kier molecular flexibility index (Phi) is 8.01. The first-order valence-corrected chi connectivity index (χ1v) is 11.0. The molecule has 8 nitrogen and oxygen atoms in total. The second-order valence-corrected chi connectivity index (χ2v) is 8.09. The molecular formula is C25H31FN6O2. The molecule has 0 bridgehead atoms. The smallest absolute Gasteiger partial charge is 0.271 e. The van der Waals surface area contributed by atoms with Gasteiger partial charge in [0.15, 0.2) is 0 Å². The van der Waals surface area contributed by atoms with Crippen LogP contribution in [0.1, 0.15) is 19.0 Å².